The maximum absolute atomic E-state index is 10.7. The van der Waals surface area contributed by atoms with Crippen LogP contribution in [-0.2, 0) is 0 Å². The van der Waals surface area contributed by atoms with Crippen LogP contribution < -0.4 is 21.4 Å². The Bertz CT molecular complexity index is 300. The maximum atomic E-state index is 10.7. The lowest BCUT2D eigenvalue weighted by Gasteiger charge is -2.05. The second kappa shape index (κ2) is 2.47. The number of nitrogens with one attached hydrogen (secondary N) is 4. The van der Waals surface area contributed by atoms with Crippen molar-refractivity contribution in [2.45, 2.75) is 12.3 Å². The van der Waals surface area contributed by atoms with Gasteiger partial charge in [-0.3, -0.25) is 0 Å². The van der Waals surface area contributed by atoms with Crippen molar-refractivity contribution in [3.63, 3.8) is 0 Å². The van der Waals surface area contributed by atoms with E-state index in [-0.39, 0.29) is 12.0 Å². The van der Waals surface area contributed by atoms with Crippen LogP contribution in [0.1, 0.15) is 0 Å². The third kappa shape index (κ3) is 1.30. The molecule has 2 amide bonds. The SMILES string of the molecule is O=C1NC2N=C(N[N+](=O)[O-])NC2N1. The van der Waals surface area contributed by atoms with Crippen molar-refractivity contribution < 1.29 is 9.83 Å². The summed E-state index contributed by atoms with van der Waals surface area (Å²) in [7, 11) is 0. The van der Waals surface area contributed by atoms with Crippen LogP contribution in [0.2, 0.25) is 0 Å². The molecule has 0 aromatic rings. The molecular weight excluding hydrogens is 180 g/mol. The van der Waals surface area contributed by atoms with E-state index in [0.29, 0.717) is 0 Å². The molecule has 0 aromatic carbocycles. The maximum Gasteiger partial charge on any atom is 0.318 e. The highest BCUT2D eigenvalue weighted by Gasteiger charge is 2.37. The van der Waals surface area contributed by atoms with Gasteiger partial charge in [0.15, 0.2) is 11.2 Å². The molecule has 2 atom stereocenters. The Balaban J connectivity index is 2.01. The molecule has 9 nitrogen and oxygen atoms in total. The molecule has 2 heterocycles. The molecule has 2 aliphatic rings. The fourth-order valence-electron chi connectivity index (χ4n) is 1.17. The van der Waals surface area contributed by atoms with Gasteiger partial charge in [0.25, 0.3) is 5.96 Å². The highest BCUT2D eigenvalue weighted by atomic mass is 16.7. The van der Waals surface area contributed by atoms with Gasteiger partial charge in [0.05, 0.1) is 0 Å². The van der Waals surface area contributed by atoms with E-state index < -0.39 is 17.4 Å². The minimum atomic E-state index is -0.727. The van der Waals surface area contributed by atoms with Gasteiger partial charge in [0.2, 0.25) is 0 Å². The molecule has 0 bridgehead atoms. The highest BCUT2D eigenvalue weighted by molar-refractivity contribution is 5.85. The van der Waals surface area contributed by atoms with E-state index in [0.717, 1.165) is 0 Å². The fourth-order valence-corrected chi connectivity index (χ4v) is 1.17. The summed E-state index contributed by atoms with van der Waals surface area (Å²) < 4.78 is 0. The fraction of sp³-hybridized carbons (Fsp3) is 0.500. The Morgan fingerprint density at radius 2 is 2.23 bits per heavy atom. The summed E-state index contributed by atoms with van der Waals surface area (Å²) in [6.07, 6.45) is -0.884. The third-order valence-corrected chi connectivity index (χ3v) is 1.64. The summed E-state index contributed by atoms with van der Waals surface area (Å²) >= 11 is 0. The average Bonchev–Trinajstić information content (AvgIpc) is 2.41. The lowest BCUT2D eigenvalue weighted by atomic mass is 10.4. The summed E-state index contributed by atoms with van der Waals surface area (Å²) in [6, 6.07) is -0.341. The normalized spacial score (nSPS) is 29.5. The van der Waals surface area contributed by atoms with Crippen LogP contribution in [0.5, 0.6) is 0 Å². The van der Waals surface area contributed by atoms with Crippen LogP contribution in [0.25, 0.3) is 0 Å². The first-order valence-corrected chi connectivity index (χ1v) is 3.47. The number of hydrogen-bond acceptors (Lipinski definition) is 5. The molecule has 0 aliphatic carbocycles. The second-order valence-electron chi connectivity index (χ2n) is 2.53. The number of carbonyl (C=O) groups excluding carboxylic acids is 1. The lowest BCUT2D eigenvalue weighted by Crippen LogP contribution is -2.47. The Kier molecular flexibility index (Phi) is 1.44. The number of urea groups is 1. The molecule has 2 unspecified atom stereocenters. The van der Waals surface area contributed by atoms with E-state index in [1.54, 1.807) is 0 Å². The molecule has 2 aliphatic heterocycles. The molecule has 0 saturated carbocycles. The Hall–Kier alpha value is -2.06. The molecule has 1 saturated heterocycles. The first kappa shape index (κ1) is 7.58. The molecule has 1 fully saturated rings. The van der Waals surface area contributed by atoms with E-state index >= 15 is 0 Å². The number of rotatable bonds is 1. The van der Waals surface area contributed by atoms with E-state index in [4.69, 9.17) is 0 Å². The van der Waals surface area contributed by atoms with Crippen molar-refractivity contribution >= 4 is 12.0 Å². The molecule has 2 rings (SSSR count). The van der Waals surface area contributed by atoms with Crippen molar-refractivity contribution in [3.8, 4) is 0 Å². The van der Waals surface area contributed by atoms with Crippen LogP contribution >= 0.6 is 0 Å². The van der Waals surface area contributed by atoms with Crippen molar-refractivity contribution in [2.24, 2.45) is 4.99 Å². The van der Waals surface area contributed by atoms with Crippen molar-refractivity contribution in [2.75, 3.05) is 0 Å². The van der Waals surface area contributed by atoms with Gasteiger partial charge < -0.3 is 16.0 Å². The average molecular weight is 186 g/mol. The lowest BCUT2D eigenvalue weighted by molar-refractivity contribution is -0.525. The smallest absolute Gasteiger partial charge is 0.318 e. The molecule has 13 heavy (non-hydrogen) atoms. The van der Waals surface area contributed by atoms with Gasteiger partial charge in [-0.05, 0) is 0 Å². The number of carbonyl (C=O) groups is 1. The highest BCUT2D eigenvalue weighted by Crippen LogP contribution is 2.05. The number of hydrogen-bond donors (Lipinski definition) is 4. The number of hydrazine groups is 1. The van der Waals surface area contributed by atoms with Gasteiger partial charge >= 0.3 is 6.03 Å². The van der Waals surface area contributed by atoms with Crippen LogP contribution in [-0.4, -0.2) is 29.4 Å². The van der Waals surface area contributed by atoms with Crippen LogP contribution in [0.15, 0.2) is 4.99 Å². The minimum Gasteiger partial charge on any atom is -0.328 e. The van der Waals surface area contributed by atoms with Gasteiger partial charge in [-0.25, -0.2) is 19.9 Å². The zero-order valence-corrected chi connectivity index (χ0v) is 6.27. The Morgan fingerprint density at radius 1 is 1.46 bits per heavy atom. The predicted octanol–water partition coefficient (Wildman–Crippen LogP) is -2.31. The van der Waals surface area contributed by atoms with Gasteiger partial charge in [-0.1, -0.05) is 5.43 Å². The third-order valence-electron chi connectivity index (χ3n) is 1.64. The number of nitro groups is 1. The number of aliphatic imine (C=N–C) groups is 1. The summed E-state index contributed by atoms with van der Waals surface area (Å²) in [5.41, 5.74) is 1.85. The molecule has 0 aromatic heterocycles. The topological polar surface area (TPSA) is 121 Å². The van der Waals surface area contributed by atoms with E-state index in [1.807, 2.05) is 5.43 Å². The Morgan fingerprint density at radius 3 is 2.85 bits per heavy atom. The van der Waals surface area contributed by atoms with E-state index in [1.165, 1.54) is 0 Å². The zero-order valence-electron chi connectivity index (χ0n) is 6.27. The summed E-state index contributed by atoms with van der Waals surface area (Å²) in [5, 5.41) is 16.8. The summed E-state index contributed by atoms with van der Waals surface area (Å²) in [4.78, 5) is 24.5. The summed E-state index contributed by atoms with van der Waals surface area (Å²) in [5.74, 6) is 0.0347. The monoisotopic (exact) mass is 186 g/mol. The number of guanidine groups is 1. The van der Waals surface area contributed by atoms with Gasteiger partial charge in [-0.2, -0.15) is 0 Å². The molecule has 70 valence electrons. The number of amides is 2. The quantitative estimate of drug-likeness (QED) is 0.271. The second-order valence-corrected chi connectivity index (χ2v) is 2.53. The summed E-state index contributed by atoms with van der Waals surface area (Å²) in [6.45, 7) is 0. The van der Waals surface area contributed by atoms with Gasteiger partial charge in [0, 0.05) is 0 Å². The molecule has 9 heteroatoms. The standard InChI is InChI=1S/C4H6N6O3/c11-4-7-1-2(8-4)6-3(5-1)9-10(12)13/h1-2H,(H2,5,6,9)(H2,7,8,11). The van der Waals surface area contributed by atoms with E-state index in [2.05, 4.69) is 20.9 Å². The Labute approximate surface area is 71.7 Å². The van der Waals surface area contributed by atoms with E-state index in [9.17, 15) is 14.9 Å². The van der Waals surface area contributed by atoms with Crippen molar-refractivity contribution in [1.82, 2.24) is 21.4 Å². The molecule has 0 radical (unpaired) electrons. The molecule has 4 N–H and O–H groups in total. The minimum absolute atomic E-state index is 0.0347. The molecule has 0 spiro atoms. The van der Waals surface area contributed by atoms with Gasteiger partial charge in [0.1, 0.15) is 6.17 Å². The predicted molar refractivity (Wildman–Crippen MR) is 39.9 cm³/mol. The first-order chi connectivity index (χ1) is 6.15. The first-order valence-electron chi connectivity index (χ1n) is 3.47. The van der Waals surface area contributed by atoms with Crippen LogP contribution in [0.3, 0.4) is 0 Å². The van der Waals surface area contributed by atoms with Gasteiger partial charge in [-0.15, -0.1) is 0 Å². The van der Waals surface area contributed by atoms with Crippen LogP contribution in [0.4, 0.5) is 4.79 Å². The largest absolute Gasteiger partial charge is 0.328 e. The zero-order chi connectivity index (χ0) is 9.42. The van der Waals surface area contributed by atoms with Crippen LogP contribution in [0, 0.1) is 10.1 Å². The molecular formula is C4H6N6O3. The number of nitrogens with zero attached hydrogens (tertiary/aromatic N) is 2. The van der Waals surface area contributed by atoms with Crippen molar-refractivity contribution in [3.05, 3.63) is 10.1 Å². The van der Waals surface area contributed by atoms with Crippen molar-refractivity contribution in [1.29, 1.82) is 0 Å². The number of fused-ring (bicyclic) bond motifs is 1.